The molecule has 0 radical (unpaired) electrons. The molecular formula is C28H21F6N5. The topological polar surface area (TPSA) is 55.1 Å². The summed E-state index contributed by atoms with van der Waals surface area (Å²) in [6.07, 6.45) is -5.05. The largest absolute Gasteiger partial charge is 0.416 e. The van der Waals surface area contributed by atoms with Crippen LogP contribution in [0.5, 0.6) is 0 Å². The molecule has 39 heavy (non-hydrogen) atoms. The van der Waals surface area contributed by atoms with Gasteiger partial charge in [-0.2, -0.15) is 31.4 Å². The maximum Gasteiger partial charge on any atom is 0.416 e. The van der Waals surface area contributed by atoms with E-state index in [9.17, 15) is 26.3 Å². The van der Waals surface area contributed by atoms with Crippen molar-refractivity contribution in [2.45, 2.75) is 32.1 Å². The zero-order chi connectivity index (χ0) is 27.8. The van der Waals surface area contributed by atoms with E-state index in [2.05, 4.69) is 20.4 Å². The maximum atomic E-state index is 13.4. The van der Waals surface area contributed by atoms with E-state index < -0.39 is 23.5 Å². The summed E-state index contributed by atoms with van der Waals surface area (Å²) in [6.45, 7) is 1.78. The lowest BCUT2D eigenvalue weighted by molar-refractivity contribution is -0.138. The molecule has 0 fully saturated rings. The summed E-state index contributed by atoms with van der Waals surface area (Å²) < 4.78 is 81.3. The summed E-state index contributed by atoms with van der Waals surface area (Å²) in [5.41, 5.74) is 1.83. The molecule has 5 nitrogen and oxygen atoms in total. The standard InChI is InChI=1S/C28H21F6N5/c1-17-25-23(39(38-17)24-10-2-3-13-35-24)12-11-18(16-36-21-8-4-6-19(14-21)27(29,30)31)26(25)37-22-9-5-7-20(15-22)28(32,33)34/h2-10,13-16,37H,11-12H2,1H3. The van der Waals surface area contributed by atoms with Crippen molar-refractivity contribution < 1.29 is 26.3 Å². The maximum absolute atomic E-state index is 13.4. The molecule has 11 heteroatoms. The molecule has 4 aromatic rings. The normalized spacial score (nSPS) is 14.1. The zero-order valence-corrected chi connectivity index (χ0v) is 20.5. The minimum atomic E-state index is -4.53. The average molecular weight is 541 g/mol. The molecule has 0 aliphatic heterocycles. The molecule has 1 N–H and O–H groups in total. The first-order valence-corrected chi connectivity index (χ1v) is 11.9. The van der Waals surface area contributed by atoms with Crippen molar-refractivity contribution >= 4 is 23.3 Å². The summed E-state index contributed by atoms with van der Waals surface area (Å²) >= 11 is 0. The Bertz CT molecular complexity index is 1570. The number of hydrogen-bond donors (Lipinski definition) is 1. The van der Waals surface area contributed by atoms with Crippen LogP contribution in [0.2, 0.25) is 0 Å². The van der Waals surface area contributed by atoms with E-state index in [1.54, 1.807) is 29.9 Å². The summed E-state index contributed by atoms with van der Waals surface area (Å²) in [4.78, 5) is 8.64. The first kappa shape index (κ1) is 26.2. The van der Waals surface area contributed by atoms with Gasteiger partial charge in [0.05, 0.1) is 33.9 Å². The van der Waals surface area contributed by atoms with E-state index in [1.807, 2.05) is 6.07 Å². The van der Waals surface area contributed by atoms with E-state index in [0.29, 0.717) is 41.2 Å². The highest BCUT2D eigenvalue weighted by molar-refractivity contribution is 5.97. The van der Waals surface area contributed by atoms with Gasteiger partial charge in [-0.05, 0) is 73.9 Å². The number of benzene rings is 2. The quantitative estimate of drug-likeness (QED) is 0.207. The number of hydrogen-bond acceptors (Lipinski definition) is 4. The highest BCUT2D eigenvalue weighted by atomic mass is 19.4. The SMILES string of the molecule is Cc1nn(-c2ccccn2)c2c1C(Nc1cccc(C(F)(F)F)c1)=C(C=Nc1cccc(C(F)(F)F)c1)CC2. The van der Waals surface area contributed by atoms with Crippen molar-refractivity contribution in [2.75, 3.05) is 5.32 Å². The second kappa shape index (κ2) is 10.0. The molecule has 0 saturated carbocycles. The van der Waals surface area contributed by atoms with E-state index in [0.717, 1.165) is 30.0 Å². The van der Waals surface area contributed by atoms with Gasteiger partial charge in [0, 0.05) is 23.7 Å². The Balaban J connectivity index is 1.61. The van der Waals surface area contributed by atoms with Gasteiger partial charge >= 0.3 is 12.4 Å². The number of rotatable bonds is 5. The zero-order valence-electron chi connectivity index (χ0n) is 20.5. The Hall–Kier alpha value is -4.41. The molecule has 5 rings (SSSR count). The van der Waals surface area contributed by atoms with Gasteiger partial charge in [0.2, 0.25) is 0 Å². The molecule has 2 aromatic heterocycles. The van der Waals surface area contributed by atoms with Gasteiger partial charge in [-0.1, -0.05) is 18.2 Å². The molecule has 2 heterocycles. The molecule has 1 aliphatic rings. The summed E-state index contributed by atoms with van der Waals surface area (Å²) in [5.74, 6) is 0.585. The third-order valence-electron chi connectivity index (χ3n) is 6.23. The molecule has 0 atom stereocenters. The number of nitrogens with one attached hydrogen (secondary N) is 1. The summed E-state index contributed by atoms with van der Waals surface area (Å²) in [6, 6.07) is 14.8. The van der Waals surface area contributed by atoms with Crippen molar-refractivity contribution in [1.82, 2.24) is 14.8 Å². The average Bonchev–Trinajstić information content (AvgIpc) is 3.24. The smallest absolute Gasteiger partial charge is 0.355 e. The van der Waals surface area contributed by atoms with Crippen LogP contribution in [0.1, 0.15) is 34.5 Å². The predicted octanol–water partition coefficient (Wildman–Crippen LogP) is 7.79. The molecule has 0 unspecified atom stereocenters. The van der Waals surface area contributed by atoms with E-state index in [-0.39, 0.29) is 11.4 Å². The Kier molecular flexibility index (Phi) is 6.75. The molecule has 0 amide bonds. The van der Waals surface area contributed by atoms with Crippen LogP contribution in [-0.4, -0.2) is 21.0 Å². The summed E-state index contributed by atoms with van der Waals surface area (Å²) in [7, 11) is 0. The van der Waals surface area contributed by atoms with Crippen LogP contribution < -0.4 is 5.32 Å². The third-order valence-corrected chi connectivity index (χ3v) is 6.23. The van der Waals surface area contributed by atoms with E-state index in [1.165, 1.54) is 30.5 Å². The van der Waals surface area contributed by atoms with Crippen LogP contribution in [0, 0.1) is 6.92 Å². The number of aliphatic imine (C=N–C) groups is 1. The fourth-order valence-corrected chi connectivity index (χ4v) is 4.44. The number of pyridine rings is 1. The van der Waals surface area contributed by atoms with Crippen LogP contribution in [0.4, 0.5) is 37.7 Å². The van der Waals surface area contributed by atoms with Gasteiger partial charge < -0.3 is 5.32 Å². The summed E-state index contributed by atoms with van der Waals surface area (Å²) in [5, 5.41) is 7.74. The van der Waals surface area contributed by atoms with Crippen molar-refractivity contribution in [3.8, 4) is 5.82 Å². The van der Waals surface area contributed by atoms with Gasteiger partial charge in [0.1, 0.15) is 0 Å². The van der Waals surface area contributed by atoms with Gasteiger partial charge in [-0.15, -0.1) is 0 Å². The predicted molar refractivity (Wildman–Crippen MR) is 136 cm³/mol. The first-order chi connectivity index (χ1) is 18.5. The highest BCUT2D eigenvalue weighted by Gasteiger charge is 2.32. The molecular weight excluding hydrogens is 520 g/mol. The lowest BCUT2D eigenvalue weighted by Crippen LogP contribution is -2.15. The van der Waals surface area contributed by atoms with Crippen LogP contribution >= 0.6 is 0 Å². The number of alkyl halides is 6. The Labute approximate surface area is 219 Å². The lowest BCUT2D eigenvalue weighted by Gasteiger charge is -2.22. The highest BCUT2D eigenvalue weighted by Crippen LogP contribution is 2.37. The number of allylic oxidation sites excluding steroid dienone is 1. The Morgan fingerprint density at radius 2 is 1.59 bits per heavy atom. The lowest BCUT2D eigenvalue weighted by atomic mass is 9.92. The molecule has 1 aliphatic carbocycles. The molecule has 0 spiro atoms. The van der Waals surface area contributed by atoms with Crippen LogP contribution in [0.25, 0.3) is 11.5 Å². The van der Waals surface area contributed by atoms with Crippen molar-refractivity contribution in [3.05, 3.63) is 107 Å². The Morgan fingerprint density at radius 1 is 0.872 bits per heavy atom. The van der Waals surface area contributed by atoms with Crippen LogP contribution in [0.3, 0.4) is 0 Å². The fraction of sp³-hybridized carbons (Fsp3) is 0.179. The van der Waals surface area contributed by atoms with Gasteiger partial charge in [-0.3, -0.25) is 4.99 Å². The molecule has 200 valence electrons. The fourth-order valence-electron chi connectivity index (χ4n) is 4.44. The van der Waals surface area contributed by atoms with Crippen molar-refractivity contribution in [1.29, 1.82) is 0 Å². The van der Waals surface area contributed by atoms with Gasteiger partial charge in [0.15, 0.2) is 5.82 Å². The molecule has 2 aromatic carbocycles. The third kappa shape index (κ3) is 5.57. The van der Waals surface area contributed by atoms with E-state index >= 15 is 0 Å². The van der Waals surface area contributed by atoms with Gasteiger partial charge in [0.25, 0.3) is 0 Å². The number of nitrogens with zero attached hydrogens (tertiary/aromatic N) is 4. The van der Waals surface area contributed by atoms with Crippen molar-refractivity contribution in [3.63, 3.8) is 0 Å². The minimum Gasteiger partial charge on any atom is -0.355 e. The first-order valence-electron chi connectivity index (χ1n) is 11.9. The number of aryl methyl sites for hydroxylation is 1. The number of aromatic nitrogens is 3. The molecule has 0 saturated heterocycles. The van der Waals surface area contributed by atoms with Crippen LogP contribution in [-0.2, 0) is 18.8 Å². The second-order valence-corrected chi connectivity index (χ2v) is 8.92. The second-order valence-electron chi connectivity index (χ2n) is 8.92. The number of fused-ring (bicyclic) bond motifs is 1. The molecule has 0 bridgehead atoms. The monoisotopic (exact) mass is 541 g/mol. The van der Waals surface area contributed by atoms with Crippen molar-refractivity contribution in [2.24, 2.45) is 4.99 Å². The minimum absolute atomic E-state index is 0.0995. The van der Waals surface area contributed by atoms with Gasteiger partial charge in [-0.25, -0.2) is 9.67 Å². The number of anilines is 1. The Morgan fingerprint density at radius 3 is 2.28 bits per heavy atom. The van der Waals surface area contributed by atoms with E-state index in [4.69, 9.17) is 0 Å². The number of halogens is 6. The van der Waals surface area contributed by atoms with Crippen LogP contribution in [0.15, 0.2) is 83.5 Å².